The van der Waals surface area contributed by atoms with Crippen molar-refractivity contribution in [2.75, 3.05) is 0 Å². The third-order valence-electron chi connectivity index (χ3n) is 6.63. The second kappa shape index (κ2) is 9.54. The van der Waals surface area contributed by atoms with Crippen molar-refractivity contribution in [3.63, 3.8) is 0 Å². The molecule has 0 saturated carbocycles. The first kappa shape index (κ1) is 24.6. The van der Waals surface area contributed by atoms with E-state index in [9.17, 15) is 18.3 Å². The Balaban J connectivity index is 1.34. The monoisotopic (exact) mass is 537 g/mol. The van der Waals surface area contributed by atoms with Crippen LogP contribution in [0.1, 0.15) is 21.5 Å². The maximum absolute atomic E-state index is 13.0. The summed E-state index contributed by atoms with van der Waals surface area (Å²) in [6.07, 6.45) is 5.17. The minimum absolute atomic E-state index is 0.0970. The molecule has 3 aromatic carbocycles. The largest absolute Gasteiger partial charge is 0.507 e. The highest BCUT2D eigenvalue weighted by Crippen LogP contribution is 2.39. The molecule has 1 aliphatic rings. The van der Waals surface area contributed by atoms with Gasteiger partial charge in [-0.1, -0.05) is 48.5 Å². The average Bonchev–Trinajstić information content (AvgIpc) is 3.44. The molecule has 1 aliphatic heterocycles. The number of aromatic hydroxyl groups is 1. The number of phenolic OH excluding ortho intramolecular Hbond substituents is 1. The van der Waals surface area contributed by atoms with Crippen LogP contribution in [0.3, 0.4) is 0 Å². The standard InChI is InChI=1S/C30H23N3O5S/c1-33-18-21(16-26-29(35)28-24(34)8-5-9-25(28)38-26)27-23(14-15-31-30(27)33)20-10-12-22(13-11-20)39(36,37)32-17-19-6-3-2-4-7-19/h2-16,18,32,34H,17H2,1H3/b26-16-. The second-order valence-electron chi connectivity index (χ2n) is 9.18. The van der Waals surface area contributed by atoms with Gasteiger partial charge in [0.1, 0.15) is 22.7 Å². The number of nitrogens with zero attached hydrogens (tertiary/aromatic N) is 2. The predicted octanol–water partition coefficient (Wildman–Crippen LogP) is 5.04. The van der Waals surface area contributed by atoms with Crippen LogP contribution in [-0.2, 0) is 23.6 Å². The normalized spacial score (nSPS) is 14.1. The highest BCUT2D eigenvalue weighted by Gasteiger charge is 2.30. The highest BCUT2D eigenvalue weighted by molar-refractivity contribution is 7.89. The van der Waals surface area contributed by atoms with E-state index in [0.717, 1.165) is 22.1 Å². The Morgan fingerprint density at radius 1 is 1.00 bits per heavy atom. The van der Waals surface area contributed by atoms with Gasteiger partial charge in [-0.2, -0.15) is 0 Å². The zero-order valence-corrected chi connectivity index (χ0v) is 21.6. The number of ether oxygens (including phenoxy) is 1. The van der Waals surface area contributed by atoms with Gasteiger partial charge in [-0.15, -0.1) is 0 Å². The van der Waals surface area contributed by atoms with E-state index in [-0.39, 0.29) is 28.5 Å². The smallest absolute Gasteiger partial charge is 0.240 e. The van der Waals surface area contributed by atoms with Crippen molar-refractivity contribution in [1.29, 1.82) is 0 Å². The van der Waals surface area contributed by atoms with Gasteiger partial charge in [0, 0.05) is 36.9 Å². The molecule has 0 amide bonds. The number of fused-ring (bicyclic) bond motifs is 2. The van der Waals surface area contributed by atoms with Crippen molar-refractivity contribution >= 4 is 32.9 Å². The third-order valence-corrected chi connectivity index (χ3v) is 8.05. The second-order valence-corrected chi connectivity index (χ2v) is 10.9. The molecule has 0 aliphatic carbocycles. The Hall–Kier alpha value is -4.73. The minimum Gasteiger partial charge on any atom is -0.507 e. The van der Waals surface area contributed by atoms with Crippen LogP contribution in [0.2, 0.25) is 0 Å². The summed E-state index contributed by atoms with van der Waals surface area (Å²) in [5, 5.41) is 10.9. The zero-order valence-electron chi connectivity index (χ0n) is 20.8. The van der Waals surface area contributed by atoms with E-state index in [1.54, 1.807) is 48.7 Å². The van der Waals surface area contributed by atoms with E-state index >= 15 is 0 Å². The number of rotatable bonds is 6. The first-order chi connectivity index (χ1) is 18.8. The number of hydrogen-bond donors (Lipinski definition) is 2. The topological polar surface area (TPSA) is 111 Å². The van der Waals surface area contributed by atoms with E-state index in [4.69, 9.17) is 4.74 Å². The van der Waals surface area contributed by atoms with Crippen LogP contribution < -0.4 is 9.46 Å². The van der Waals surface area contributed by atoms with Crippen LogP contribution in [0, 0.1) is 0 Å². The summed E-state index contributed by atoms with van der Waals surface area (Å²) >= 11 is 0. The Morgan fingerprint density at radius 3 is 2.51 bits per heavy atom. The van der Waals surface area contributed by atoms with Crippen LogP contribution in [0.4, 0.5) is 0 Å². The predicted molar refractivity (Wildman–Crippen MR) is 148 cm³/mol. The van der Waals surface area contributed by atoms with Crippen molar-refractivity contribution in [2.24, 2.45) is 7.05 Å². The summed E-state index contributed by atoms with van der Waals surface area (Å²) in [4.78, 5) is 17.6. The molecule has 0 atom stereocenters. The lowest BCUT2D eigenvalue weighted by Gasteiger charge is -2.09. The molecular weight excluding hydrogens is 514 g/mol. The maximum atomic E-state index is 13.0. The number of ketones is 1. The molecule has 0 spiro atoms. The molecule has 6 rings (SSSR count). The molecule has 2 N–H and O–H groups in total. The van der Waals surface area contributed by atoms with Gasteiger partial charge in [0.05, 0.1) is 4.90 Å². The minimum atomic E-state index is -3.71. The lowest BCUT2D eigenvalue weighted by molar-refractivity contribution is 0.101. The molecule has 0 radical (unpaired) electrons. The first-order valence-electron chi connectivity index (χ1n) is 12.2. The van der Waals surface area contributed by atoms with E-state index in [2.05, 4.69) is 9.71 Å². The number of sulfonamides is 1. The average molecular weight is 538 g/mol. The van der Waals surface area contributed by atoms with E-state index in [1.165, 1.54) is 6.07 Å². The fourth-order valence-electron chi connectivity index (χ4n) is 4.72. The number of pyridine rings is 1. The molecule has 3 heterocycles. The SMILES string of the molecule is Cn1cc(/C=C2\Oc3cccc(O)c3C2=O)c2c(-c3ccc(S(=O)(=O)NCc4ccccc4)cc3)ccnc21. The van der Waals surface area contributed by atoms with Crippen LogP contribution in [-0.4, -0.2) is 28.9 Å². The molecule has 8 nitrogen and oxygen atoms in total. The molecule has 0 fully saturated rings. The van der Waals surface area contributed by atoms with Gasteiger partial charge in [-0.05, 0) is 53.1 Å². The van der Waals surface area contributed by atoms with Gasteiger partial charge in [-0.25, -0.2) is 18.1 Å². The number of Topliss-reactive ketones (excluding diaryl/α,β-unsaturated/α-hetero) is 1. The van der Waals surface area contributed by atoms with Gasteiger partial charge in [0.25, 0.3) is 0 Å². The number of aromatic nitrogens is 2. The van der Waals surface area contributed by atoms with Crippen LogP contribution >= 0.6 is 0 Å². The van der Waals surface area contributed by atoms with Gasteiger partial charge < -0.3 is 14.4 Å². The van der Waals surface area contributed by atoms with Crippen LogP contribution in [0.15, 0.2) is 102 Å². The number of aryl methyl sites for hydroxylation is 1. The van der Waals surface area contributed by atoms with E-state index < -0.39 is 15.8 Å². The highest BCUT2D eigenvalue weighted by atomic mass is 32.2. The van der Waals surface area contributed by atoms with Crippen molar-refractivity contribution < 1.29 is 23.1 Å². The molecule has 194 valence electrons. The van der Waals surface area contributed by atoms with Crippen molar-refractivity contribution in [3.8, 4) is 22.6 Å². The van der Waals surface area contributed by atoms with Gasteiger partial charge >= 0.3 is 0 Å². The molecule has 9 heteroatoms. The summed E-state index contributed by atoms with van der Waals surface area (Å²) in [5.74, 6) is -0.125. The van der Waals surface area contributed by atoms with E-state index in [1.807, 2.05) is 54.2 Å². The molecule has 0 bridgehead atoms. The van der Waals surface area contributed by atoms with Crippen molar-refractivity contribution in [2.45, 2.75) is 11.4 Å². The summed E-state index contributed by atoms with van der Waals surface area (Å²) in [6.45, 7) is 0.195. The lowest BCUT2D eigenvalue weighted by atomic mass is 10.0. The third kappa shape index (κ3) is 4.47. The number of carbonyl (C=O) groups excluding carboxylic acids is 1. The zero-order chi connectivity index (χ0) is 27.1. The summed E-state index contributed by atoms with van der Waals surface area (Å²) in [5.41, 5.74) is 4.00. The summed E-state index contributed by atoms with van der Waals surface area (Å²) < 4.78 is 36.0. The molecule has 39 heavy (non-hydrogen) atoms. The van der Waals surface area contributed by atoms with E-state index in [0.29, 0.717) is 17.0 Å². The fourth-order valence-corrected chi connectivity index (χ4v) is 5.73. The lowest BCUT2D eigenvalue weighted by Crippen LogP contribution is -2.23. The Labute approximate surface area is 224 Å². The first-order valence-corrected chi connectivity index (χ1v) is 13.6. The van der Waals surface area contributed by atoms with Gasteiger partial charge in [0.2, 0.25) is 15.8 Å². The summed E-state index contributed by atoms with van der Waals surface area (Å²) in [7, 11) is -1.85. The van der Waals surface area contributed by atoms with Gasteiger partial charge in [-0.3, -0.25) is 4.79 Å². The Bertz CT molecular complexity index is 1880. The molecule has 0 unspecified atom stereocenters. The van der Waals surface area contributed by atoms with Crippen LogP contribution in [0.25, 0.3) is 28.2 Å². The quantitative estimate of drug-likeness (QED) is 0.294. The number of phenols is 1. The maximum Gasteiger partial charge on any atom is 0.240 e. The number of carbonyl (C=O) groups is 1. The fraction of sp³-hybridized carbons (Fsp3) is 0.0667. The molecule has 0 saturated heterocycles. The van der Waals surface area contributed by atoms with Crippen molar-refractivity contribution in [1.82, 2.24) is 14.3 Å². The Morgan fingerprint density at radius 2 is 1.77 bits per heavy atom. The van der Waals surface area contributed by atoms with Crippen LogP contribution in [0.5, 0.6) is 11.5 Å². The van der Waals surface area contributed by atoms with Crippen molar-refractivity contribution in [3.05, 3.63) is 114 Å². The Kier molecular flexibility index (Phi) is 6.02. The number of benzene rings is 3. The number of nitrogens with one attached hydrogen (secondary N) is 1. The summed E-state index contributed by atoms with van der Waals surface area (Å²) in [6, 6.07) is 22.5. The molecule has 5 aromatic rings. The molecular formula is C30H23N3O5S. The van der Waals surface area contributed by atoms with Gasteiger partial charge in [0.15, 0.2) is 5.76 Å². The molecule has 2 aromatic heterocycles. The number of hydrogen-bond acceptors (Lipinski definition) is 6. The number of allylic oxidation sites excluding steroid dienone is 1.